The Morgan fingerprint density at radius 1 is 0.897 bits per heavy atom. The molecule has 0 aliphatic heterocycles. The van der Waals surface area contributed by atoms with Gasteiger partial charge in [-0.3, -0.25) is 5.32 Å². The smallest absolute Gasteiger partial charge is 0.417 e. The lowest BCUT2D eigenvalue weighted by molar-refractivity contribution is 0.184. The Hall–Kier alpha value is -3.31. The summed E-state index contributed by atoms with van der Waals surface area (Å²) in [6.07, 6.45) is 2.28. The van der Waals surface area contributed by atoms with Gasteiger partial charge in [0.2, 0.25) is 0 Å². The lowest BCUT2D eigenvalue weighted by Crippen LogP contribution is -2.16. The Morgan fingerprint density at radius 2 is 1.62 bits per heavy atom. The van der Waals surface area contributed by atoms with E-state index in [1.807, 2.05) is 48.5 Å². The van der Waals surface area contributed by atoms with Crippen molar-refractivity contribution >= 4 is 11.8 Å². The number of hydrogen-bond donors (Lipinski definition) is 2. The van der Waals surface area contributed by atoms with Crippen LogP contribution < -0.4 is 10.1 Å². The molecule has 0 aliphatic rings. The summed E-state index contributed by atoms with van der Waals surface area (Å²) < 4.78 is 10.4. The minimum Gasteiger partial charge on any atom is -0.508 e. The number of benzene rings is 3. The van der Waals surface area contributed by atoms with E-state index in [1.54, 1.807) is 31.4 Å². The number of carbonyl (C=O) groups is 1. The third kappa shape index (κ3) is 6.66. The van der Waals surface area contributed by atoms with E-state index in [9.17, 15) is 9.90 Å². The first-order chi connectivity index (χ1) is 14.1. The molecule has 3 aromatic carbocycles. The molecule has 0 radical (unpaired) electrons. The average molecular weight is 391 g/mol. The Kier molecular flexibility index (Phi) is 7.25. The van der Waals surface area contributed by atoms with Gasteiger partial charge in [0, 0.05) is 12.8 Å². The highest BCUT2D eigenvalue weighted by Gasteiger charge is 2.06. The molecule has 5 heteroatoms. The van der Waals surface area contributed by atoms with Crippen molar-refractivity contribution in [1.82, 2.24) is 0 Å². The number of amides is 1. The summed E-state index contributed by atoms with van der Waals surface area (Å²) in [7, 11) is 1.62. The Bertz CT molecular complexity index is 938. The molecule has 5 nitrogen and oxygen atoms in total. The molecule has 0 saturated carbocycles. The molecule has 0 aliphatic carbocycles. The maximum absolute atomic E-state index is 12.1. The molecule has 3 rings (SSSR count). The number of phenolic OH excluding ortho intramolecular Hbond substituents is 1. The first-order valence-electron chi connectivity index (χ1n) is 9.56. The molecule has 0 fully saturated rings. The largest absolute Gasteiger partial charge is 0.508 e. The van der Waals surface area contributed by atoms with E-state index in [0.29, 0.717) is 23.8 Å². The van der Waals surface area contributed by atoms with E-state index >= 15 is 0 Å². The third-order valence-corrected chi connectivity index (χ3v) is 4.46. The van der Waals surface area contributed by atoms with E-state index < -0.39 is 6.09 Å². The Labute approximate surface area is 170 Å². The predicted octanol–water partition coefficient (Wildman–Crippen LogP) is 5.32. The fourth-order valence-corrected chi connectivity index (χ4v) is 3.08. The number of ether oxygens (including phenoxy) is 2. The van der Waals surface area contributed by atoms with Gasteiger partial charge in [-0.15, -0.1) is 0 Å². The zero-order valence-electron chi connectivity index (χ0n) is 16.4. The van der Waals surface area contributed by atoms with Crippen LogP contribution in [0.25, 0.3) is 0 Å². The molecular weight excluding hydrogens is 366 g/mol. The molecule has 3 aromatic rings. The second-order valence-electron chi connectivity index (χ2n) is 6.82. The summed E-state index contributed by atoms with van der Waals surface area (Å²) in [6.45, 7) is 0.464. The minimum atomic E-state index is -0.531. The second kappa shape index (κ2) is 10.3. The number of aryl methyl sites for hydroxylation is 2. The van der Waals surface area contributed by atoms with Crippen molar-refractivity contribution in [3.8, 4) is 11.5 Å². The third-order valence-electron chi connectivity index (χ3n) is 4.46. The summed E-state index contributed by atoms with van der Waals surface area (Å²) in [6, 6.07) is 22.3. The lowest BCUT2D eigenvalue weighted by Gasteiger charge is -2.09. The van der Waals surface area contributed by atoms with Crippen LogP contribution in [0.1, 0.15) is 23.1 Å². The van der Waals surface area contributed by atoms with Crippen LogP contribution in [0, 0.1) is 0 Å². The quantitative estimate of drug-likeness (QED) is 0.545. The number of carbonyl (C=O) groups excluding carboxylic acids is 1. The monoisotopic (exact) mass is 391 g/mol. The topological polar surface area (TPSA) is 67.8 Å². The van der Waals surface area contributed by atoms with Crippen molar-refractivity contribution in [2.75, 3.05) is 12.4 Å². The van der Waals surface area contributed by atoms with Crippen LogP contribution in [-0.4, -0.2) is 18.3 Å². The van der Waals surface area contributed by atoms with Gasteiger partial charge in [0.25, 0.3) is 0 Å². The van der Waals surface area contributed by atoms with Crippen LogP contribution in [0.15, 0.2) is 72.8 Å². The molecule has 0 saturated heterocycles. The standard InChI is InChI=1S/C24H25NO4/c1-28-17-20-8-4-10-23(16-20)29-24(27)25-21-13-11-18(12-14-21)5-2-6-19-7-3-9-22(26)15-19/h3-4,7-16,26H,2,5-6,17H2,1H3,(H,25,27). The van der Waals surface area contributed by atoms with E-state index in [0.717, 1.165) is 30.4 Å². The molecule has 1 amide bonds. The molecule has 150 valence electrons. The summed E-state index contributed by atoms with van der Waals surface area (Å²) in [5.41, 5.74) is 3.93. The van der Waals surface area contributed by atoms with Gasteiger partial charge in [0.1, 0.15) is 11.5 Å². The molecule has 0 atom stereocenters. The summed E-state index contributed by atoms with van der Waals surface area (Å²) in [5, 5.41) is 12.2. The van der Waals surface area contributed by atoms with Crippen LogP contribution in [0.5, 0.6) is 11.5 Å². The first-order valence-corrected chi connectivity index (χ1v) is 9.56. The van der Waals surface area contributed by atoms with Crippen LogP contribution in [0.4, 0.5) is 10.5 Å². The van der Waals surface area contributed by atoms with E-state index in [1.165, 1.54) is 5.56 Å². The number of phenols is 1. The van der Waals surface area contributed by atoms with Crippen molar-refractivity contribution in [2.24, 2.45) is 0 Å². The normalized spacial score (nSPS) is 10.5. The molecule has 0 aromatic heterocycles. The molecule has 29 heavy (non-hydrogen) atoms. The molecule has 0 spiro atoms. The molecule has 0 bridgehead atoms. The van der Waals surface area contributed by atoms with Crippen LogP contribution in [0.2, 0.25) is 0 Å². The molecule has 2 N–H and O–H groups in total. The molecular formula is C24H25NO4. The second-order valence-corrected chi connectivity index (χ2v) is 6.82. The molecule has 0 heterocycles. The Morgan fingerprint density at radius 3 is 2.38 bits per heavy atom. The first kappa shape index (κ1) is 20.4. The van der Waals surface area contributed by atoms with Crippen molar-refractivity contribution in [2.45, 2.75) is 25.9 Å². The van der Waals surface area contributed by atoms with Gasteiger partial charge in [0.05, 0.1) is 6.61 Å². The highest BCUT2D eigenvalue weighted by atomic mass is 16.6. The van der Waals surface area contributed by atoms with Crippen LogP contribution >= 0.6 is 0 Å². The maximum atomic E-state index is 12.1. The zero-order chi connectivity index (χ0) is 20.5. The molecule has 0 unspecified atom stereocenters. The number of aromatic hydroxyl groups is 1. The summed E-state index contributed by atoms with van der Waals surface area (Å²) >= 11 is 0. The highest BCUT2D eigenvalue weighted by Crippen LogP contribution is 2.17. The van der Waals surface area contributed by atoms with Gasteiger partial charge >= 0.3 is 6.09 Å². The van der Waals surface area contributed by atoms with Crippen molar-refractivity contribution in [1.29, 1.82) is 0 Å². The van der Waals surface area contributed by atoms with Crippen LogP contribution in [-0.2, 0) is 24.2 Å². The van der Waals surface area contributed by atoms with E-state index in [4.69, 9.17) is 9.47 Å². The van der Waals surface area contributed by atoms with Gasteiger partial charge in [0.15, 0.2) is 0 Å². The van der Waals surface area contributed by atoms with Gasteiger partial charge < -0.3 is 14.6 Å². The highest BCUT2D eigenvalue weighted by molar-refractivity contribution is 5.86. The number of methoxy groups -OCH3 is 1. The number of nitrogens with one attached hydrogen (secondary N) is 1. The van der Waals surface area contributed by atoms with Gasteiger partial charge in [-0.05, 0) is 72.4 Å². The fourth-order valence-electron chi connectivity index (χ4n) is 3.08. The Balaban J connectivity index is 1.47. The maximum Gasteiger partial charge on any atom is 0.417 e. The van der Waals surface area contributed by atoms with E-state index in [2.05, 4.69) is 5.32 Å². The lowest BCUT2D eigenvalue weighted by atomic mass is 10.0. The summed E-state index contributed by atoms with van der Waals surface area (Å²) in [5.74, 6) is 0.774. The van der Waals surface area contributed by atoms with Gasteiger partial charge in [-0.1, -0.05) is 36.4 Å². The van der Waals surface area contributed by atoms with Crippen molar-refractivity contribution < 1.29 is 19.4 Å². The number of rotatable bonds is 8. The van der Waals surface area contributed by atoms with Gasteiger partial charge in [-0.25, -0.2) is 4.79 Å². The predicted molar refractivity (Wildman–Crippen MR) is 113 cm³/mol. The number of anilines is 1. The average Bonchev–Trinajstić information content (AvgIpc) is 2.70. The SMILES string of the molecule is COCc1cccc(OC(=O)Nc2ccc(CCCc3cccc(O)c3)cc2)c1. The summed E-state index contributed by atoms with van der Waals surface area (Å²) in [4.78, 5) is 12.1. The fraction of sp³-hybridized carbons (Fsp3) is 0.208. The minimum absolute atomic E-state index is 0.301. The van der Waals surface area contributed by atoms with Crippen molar-refractivity contribution in [3.63, 3.8) is 0 Å². The van der Waals surface area contributed by atoms with E-state index in [-0.39, 0.29) is 0 Å². The van der Waals surface area contributed by atoms with Crippen molar-refractivity contribution in [3.05, 3.63) is 89.5 Å². The number of hydrogen-bond acceptors (Lipinski definition) is 4. The van der Waals surface area contributed by atoms with Gasteiger partial charge in [-0.2, -0.15) is 0 Å². The zero-order valence-corrected chi connectivity index (χ0v) is 16.4. The van der Waals surface area contributed by atoms with Crippen LogP contribution in [0.3, 0.4) is 0 Å².